The fraction of sp³-hybridized carbons (Fsp3) is 0.320. The minimum absolute atomic E-state index is 0.204. The summed E-state index contributed by atoms with van der Waals surface area (Å²) < 4.78 is 1.97. The number of aryl methyl sites for hydroxylation is 1. The maximum atomic E-state index is 13.5. The summed E-state index contributed by atoms with van der Waals surface area (Å²) >= 11 is 6.14. The molecule has 0 unspecified atom stereocenters. The number of fused-ring (bicyclic) bond motifs is 1. The van der Waals surface area contributed by atoms with Crippen LogP contribution in [0.5, 0.6) is 0 Å². The number of unbranched alkanes of at least 4 members (excludes halogenated alkanes) is 1. The Morgan fingerprint density at radius 1 is 1.12 bits per heavy atom. The number of para-hydroxylation sites is 1. The molecule has 2 aromatic carbocycles. The standard InChI is InChI=1S/C25H27ClN4O2/c1-2-3-15-30(25(32)18-10-9-11-19(26)17-18)23-22(29-16-8-7-14-21(29)28-23)24(31)27-20-12-5-4-6-13-20/h4-6,9-13,17H,2-3,7-8,14-16H2,1H3,(H,27,31). The van der Waals surface area contributed by atoms with Crippen LogP contribution in [0.1, 0.15) is 59.3 Å². The number of carbonyl (C=O) groups is 2. The van der Waals surface area contributed by atoms with E-state index in [1.165, 1.54) is 0 Å². The second-order valence-electron chi connectivity index (χ2n) is 7.95. The number of nitrogens with one attached hydrogen (secondary N) is 1. The molecule has 1 aromatic heterocycles. The highest BCUT2D eigenvalue weighted by molar-refractivity contribution is 6.31. The van der Waals surface area contributed by atoms with Gasteiger partial charge in [0.05, 0.1) is 0 Å². The molecule has 0 bridgehead atoms. The Morgan fingerprint density at radius 2 is 1.94 bits per heavy atom. The molecular weight excluding hydrogens is 424 g/mol. The predicted octanol–water partition coefficient (Wildman–Crippen LogP) is 5.57. The van der Waals surface area contributed by atoms with Gasteiger partial charge in [0, 0.05) is 35.8 Å². The summed E-state index contributed by atoms with van der Waals surface area (Å²) in [7, 11) is 0. The summed E-state index contributed by atoms with van der Waals surface area (Å²) in [5.74, 6) is 0.816. The van der Waals surface area contributed by atoms with E-state index in [1.807, 2.05) is 34.9 Å². The number of benzene rings is 2. The molecule has 1 aliphatic rings. The van der Waals surface area contributed by atoms with Crippen LogP contribution < -0.4 is 10.2 Å². The van der Waals surface area contributed by atoms with Crippen LogP contribution in [0.3, 0.4) is 0 Å². The molecule has 1 aliphatic heterocycles. The summed E-state index contributed by atoms with van der Waals surface area (Å²) in [5, 5.41) is 3.47. The van der Waals surface area contributed by atoms with Gasteiger partial charge in [0.2, 0.25) is 0 Å². The highest BCUT2D eigenvalue weighted by Crippen LogP contribution is 2.29. The Balaban J connectivity index is 1.77. The second-order valence-corrected chi connectivity index (χ2v) is 8.39. The van der Waals surface area contributed by atoms with E-state index in [2.05, 4.69) is 12.2 Å². The lowest BCUT2D eigenvalue weighted by Crippen LogP contribution is -2.34. The van der Waals surface area contributed by atoms with Crippen LogP contribution in [-0.2, 0) is 13.0 Å². The van der Waals surface area contributed by atoms with Gasteiger partial charge in [-0.15, -0.1) is 0 Å². The molecular formula is C25H27ClN4O2. The van der Waals surface area contributed by atoms with Gasteiger partial charge in [-0.1, -0.05) is 49.2 Å². The molecule has 166 valence electrons. The van der Waals surface area contributed by atoms with E-state index in [0.717, 1.165) is 37.9 Å². The lowest BCUT2D eigenvalue weighted by molar-refractivity contribution is 0.0985. The average Bonchev–Trinajstić information content (AvgIpc) is 3.19. The SMILES string of the molecule is CCCCN(C(=O)c1cccc(Cl)c1)c1nc2n(c1C(=O)Nc1ccccc1)CCCC2. The van der Waals surface area contributed by atoms with Crippen LogP contribution in [-0.4, -0.2) is 27.9 Å². The van der Waals surface area contributed by atoms with Crippen LogP contribution in [0.15, 0.2) is 54.6 Å². The van der Waals surface area contributed by atoms with Gasteiger partial charge in [-0.25, -0.2) is 4.98 Å². The normalized spacial score (nSPS) is 12.8. The minimum Gasteiger partial charge on any atom is -0.322 e. The fourth-order valence-corrected chi connectivity index (χ4v) is 4.18. The van der Waals surface area contributed by atoms with Gasteiger partial charge in [0.25, 0.3) is 11.8 Å². The van der Waals surface area contributed by atoms with Crippen molar-refractivity contribution >= 4 is 34.9 Å². The summed E-state index contributed by atoms with van der Waals surface area (Å²) in [4.78, 5) is 33.4. The lowest BCUT2D eigenvalue weighted by Gasteiger charge is -2.22. The molecule has 0 spiro atoms. The highest BCUT2D eigenvalue weighted by atomic mass is 35.5. The number of aromatic nitrogens is 2. The van der Waals surface area contributed by atoms with E-state index in [9.17, 15) is 9.59 Å². The van der Waals surface area contributed by atoms with Crippen molar-refractivity contribution in [2.45, 2.75) is 45.6 Å². The number of imidazole rings is 1. The van der Waals surface area contributed by atoms with Crippen LogP contribution in [0.25, 0.3) is 0 Å². The molecule has 0 atom stereocenters. The fourth-order valence-electron chi connectivity index (χ4n) is 3.99. The van der Waals surface area contributed by atoms with E-state index in [0.29, 0.717) is 40.9 Å². The van der Waals surface area contributed by atoms with Crippen LogP contribution in [0.4, 0.5) is 11.5 Å². The first-order valence-corrected chi connectivity index (χ1v) is 11.5. The van der Waals surface area contributed by atoms with E-state index in [4.69, 9.17) is 16.6 Å². The second kappa shape index (κ2) is 10.0. The Morgan fingerprint density at radius 3 is 2.69 bits per heavy atom. The van der Waals surface area contributed by atoms with Gasteiger partial charge in [-0.05, 0) is 49.6 Å². The Labute approximate surface area is 193 Å². The van der Waals surface area contributed by atoms with Crippen molar-refractivity contribution in [2.75, 3.05) is 16.8 Å². The van der Waals surface area contributed by atoms with Gasteiger partial charge < -0.3 is 9.88 Å². The third-order valence-electron chi connectivity index (χ3n) is 5.61. The predicted molar refractivity (Wildman–Crippen MR) is 128 cm³/mol. The third-order valence-corrected chi connectivity index (χ3v) is 5.85. The van der Waals surface area contributed by atoms with Gasteiger partial charge in [0.15, 0.2) is 11.5 Å². The molecule has 0 fully saturated rings. The molecule has 3 aromatic rings. The molecule has 0 radical (unpaired) electrons. The number of anilines is 2. The topological polar surface area (TPSA) is 67.2 Å². The lowest BCUT2D eigenvalue weighted by atomic mass is 10.1. The summed E-state index contributed by atoms with van der Waals surface area (Å²) in [6.45, 7) is 3.26. The molecule has 0 saturated heterocycles. The molecule has 32 heavy (non-hydrogen) atoms. The van der Waals surface area contributed by atoms with Crippen molar-refractivity contribution in [1.82, 2.24) is 9.55 Å². The van der Waals surface area contributed by atoms with Crippen LogP contribution >= 0.6 is 11.6 Å². The van der Waals surface area contributed by atoms with Crippen molar-refractivity contribution in [2.24, 2.45) is 0 Å². The van der Waals surface area contributed by atoms with Gasteiger partial charge in [-0.3, -0.25) is 14.5 Å². The van der Waals surface area contributed by atoms with Crippen molar-refractivity contribution in [1.29, 1.82) is 0 Å². The Hall–Kier alpha value is -3.12. The number of hydrogen-bond acceptors (Lipinski definition) is 3. The summed E-state index contributed by atoms with van der Waals surface area (Å²) in [6, 6.07) is 16.2. The van der Waals surface area contributed by atoms with Gasteiger partial charge in [-0.2, -0.15) is 0 Å². The van der Waals surface area contributed by atoms with Crippen molar-refractivity contribution < 1.29 is 9.59 Å². The molecule has 2 amide bonds. The van der Waals surface area contributed by atoms with Crippen LogP contribution in [0.2, 0.25) is 5.02 Å². The number of amides is 2. The molecule has 7 heteroatoms. The Bertz CT molecular complexity index is 1110. The number of halogens is 1. The van der Waals surface area contributed by atoms with E-state index in [1.54, 1.807) is 29.2 Å². The first kappa shape index (κ1) is 22.1. The Kier molecular flexibility index (Phi) is 6.90. The van der Waals surface area contributed by atoms with Gasteiger partial charge >= 0.3 is 0 Å². The van der Waals surface area contributed by atoms with Gasteiger partial charge in [0.1, 0.15) is 5.82 Å². The zero-order valence-corrected chi connectivity index (χ0v) is 18.9. The van der Waals surface area contributed by atoms with E-state index in [-0.39, 0.29) is 11.8 Å². The molecule has 0 saturated carbocycles. The average molecular weight is 451 g/mol. The number of carbonyl (C=O) groups excluding carboxylic acids is 2. The van der Waals surface area contributed by atoms with Crippen LogP contribution in [0, 0.1) is 0 Å². The maximum Gasteiger partial charge on any atom is 0.276 e. The molecule has 0 aliphatic carbocycles. The quantitative estimate of drug-likeness (QED) is 0.511. The zero-order chi connectivity index (χ0) is 22.5. The third kappa shape index (κ3) is 4.70. The first-order valence-electron chi connectivity index (χ1n) is 11.1. The minimum atomic E-state index is -0.257. The molecule has 1 N–H and O–H groups in total. The summed E-state index contributed by atoms with van der Waals surface area (Å²) in [6.07, 6.45) is 4.50. The molecule has 4 rings (SSSR count). The first-order chi connectivity index (χ1) is 15.6. The molecule has 6 nitrogen and oxygen atoms in total. The van der Waals surface area contributed by atoms with E-state index >= 15 is 0 Å². The zero-order valence-electron chi connectivity index (χ0n) is 18.2. The number of hydrogen-bond donors (Lipinski definition) is 1. The largest absolute Gasteiger partial charge is 0.322 e. The van der Waals surface area contributed by atoms with Crippen molar-refractivity contribution in [3.8, 4) is 0 Å². The van der Waals surface area contributed by atoms with Crippen molar-refractivity contribution in [3.05, 3.63) is 76.7 Å². The molecule has 2 heterocycles. The number of rotatable bonds is 7. The monoisotopic (exact) mass is 450 g/mol. The highest BCUT2D eigenvalue weighted by Gasteiger charge is 2.31. The number of nitrogens with zero attached hydrogens (tertiary/aromatic N) is 3. The smallest absolute Gasteiger partial charge is 0.276 e. The van der Waals surface area contributed by atoms with E-state index < -0.39 is 0 Å². The van der Waals surface area contributed by atoms with Crippen molar-refractivity contribution in [3.63, 3.8) is 0 Å². The summed E-state index contributed by atoms with van der Waals surface area (Å²) in [5.41, 5.74) is 1.63. The maximum absolute atomic E-state index is 13.5.